The minimum Gasteiger partial charge on any atom is -0.357 e. The van der Waals surface area contributed by atoms with Crippen LogP contribution >= 0.6 is 15.9 Å². The van der Waals surface area contributed by atoms with E-state index in [1.807, 2.05) is 32.1 Å². The lowest BCUT2D eigenvalue weighted by Crippen LogP contribution is -2.39. The quantitative estimate of drug-likeness (QED) is 0.555. The predicted molar refractivity (Wildman–Crippen MR) is 101 cm³/mol. The molecule has 1 aromatic rings. The lowest BCUT2D eigenvalue weighted by molar-refractivity contribution is 0.442. The second-order valence-corrected chi connectivity index (χ2v) is 8.93. The summed E-state index contributed by atoms with van der Waals surface area (Å²) in [6, 6.07) is 2.08. The Balaban J connectivity index is 1.98. The van der Waals surface area contributed by atoms with E-state index in [1.54, 1.807) is 0 Å². The largest absolute Gasteiger partial charge is 0.357 e. The molecule has 0 unspecified atom stereocenters. The molecule has 1 fully saturated rings. The van der Waals surface area contributed by atoms with Gasteiger partial charge >= 0.3 is 0 Å². The number of aryl methyl sites for hydroxylation is 1. The summed E-state index contributed by atoms with van der Waals surface area (Å²) < 4.78 is 28.3. The van der Waals surface area contributed by atoms with Crippen molar-refractivity contribution in [1.82, 2.24) is 19.1 Å². The number of nitrogens with zero attached hydrogens (tertiary/aromatic N) is 4. The van der Waals surface area contributed by atoms with Gasteiger partial charge in [-0.15, -0.1) is 0 Å². The van der Waals surface area contributed by atoms with E-state index < -0.39 is 10.0 Å². The third kappa shape index (κ3) is 4.97. The molecule has 0 aromatic carbocycles. The number of aliphatic imine (C=N–C) groups is 1. The lowest BCUT2D eigenvalue weighted by Gasteiger charge is -2.22. The first kappa shape index (κ1) is 19.3. The van der Waals surface area contributed by atoms with Crippen molar-refractivity contribution in [3.05, 3.63) is 22.4 Å². The summed E-state index contributed by atoms with van der Waals surface area (Å²) in [5.41, 5.74) is 1.16. The molecule has 1 aromatic heterocycles. The fourth-order valence-electron chi connectivity index (χ4n) is 2.72. The van der Waals surface area contributed by atoms with Crippen molar-refractivity contribution in [2.75, 3.05) is 39.0 Å². The number of rotatable bonds is 6. The van der Waals surface area contributed by atoms with Crippen LogP contribution in [-0.4, -0.2) is 67.1 Å². The monoisotopic (exact) mass is 419 g/mol. The van der Waals surface area contributed by atoms with Crippen molar-refractivity contribution in [2.45, 2.75) is 19.9 Å². The SMILES string of the molecule is CCNC(=NCCN1CCCS1(=O)=O)N(C)Cc1cc(Br)cn1C. The van der Waals surface area contributed by atoms with Crippen LogP contribution in [-0.2, 0) is 23.6 Å². The summed E-state index contributed by atoms with van der Waals surface area (Å²) in [7, 11) is 0.944. The molecule has 0 amide bonds. The third-order valence-corrected chi connectivity index (χ3v) is 6.37. The number of hydrogen-bond donors (Lipinski definition) is 1. The van der Waals surface area contributed by atoms with Gasteiger partial charge in [-0.3, -0.25) is 4.99 Å². The van der Waals surface area contributed by atoms with Crippen LogP contribution < -0.4 is 5.32 Å². The second-order valence-electron chi connectivity index (χ2n) is 5.92. The molecule has 1 aliphatic heterocycles. The maximum absolute atomic E-state index is 11.8. The van der Waals surface area contributed by atoms with Gasteiger partial charge in [-0.05, 0) is 35.3 Å². The number of hydrogen-bond acceptors (Lipinski definition) is 3. The second kappa shape index (κ2) is 8.35. The fraction of sp³-hybridized carbons (Fsp3) is 0.667. The number of guanidine groups is 1. The third-order valence-electron chi connectivity index (χ3n) is 3.98. The molecule has 2 rings (SSSR count). The molecular weight excluding hydrogens is 394 g/mol. The van der Waals surface area contributed by atoms with Crippen LogP contribution in [0.4, 0.5) is 0 Å². The summed E-state index contributed by atoms with van der Waals surface area (Å²) in [5, 5.41) is 3.26. The average Bonchev–Trinajstić information content (AvgIpc) is 2.99. The van der Waals surface area contributed by atoms with Gasteiger partial charge in [0, 0.05) is 50.1 Å². The Bertz CT molecular complexity index is 686. The standard InChI is InChI=1S/C15H26BrN5O2S/c1-4-17-15(18-6-8-21-7-5-9-24(21,22)23)20(3)12-14-10-13(16)11-19(14)2/h10-11H,4-9,12H2,1-3H3,(H,17,18). The van der Waals surface area contributed by atoms with Crippen molar-refractivity contribution in [3.8, 4) is 0 Å². The molecule has 1 N–H and O–H groups in total. The van der Waals surface area contributed by atoms with E-state index in [4.69, 9.17) is 0 Å². The van der Waals surface area contributed by atoms with E-state index in [9.17, 15) is 8.42 Å². The molecule has 0 saturated carbocycles. The van der Waals surface area contributed by atoms with Gasteiger partial charge in [0.1, 0.15) is 0 Å². The Kier molecular flexibility index (Phi) is 6.70. The molecule has 1 saturated heterocycles. The van der Waals surface area contributed by atoms with Crippen LogP contribution in [0.2, 0.25) is 0 Å². The van der Waals surface area contributed by atoms with E-state index in [0.717, 1.165) is 29.2 Å². The number of sulfonamides is 1. The van der Waals surface area contributed by atoms with Crippen molar-refractivity contribution >= 4 is 31.9 Å². The highest BCUT2D eigenvalue weighted by molar-refractivity contribution is 9.10. The first-order valence-corrected chi connectivity index (χ1v) is 10.5. The van der Waals surface area contributed by atoms with Crippen molar-refractivity contribution in [2.24, 2.45) is 12.0 Å². The Morgan fingerprint density at radius 2 is 2.25 bits per heavy atom. The molecule has 2 heterocycles. The van der Waals surface area contributed by atoms with Gasteiger partial charge in [0.15, 0.2) is 5.96 Å². The predicted octanol–water partition coefficient (Wildman–Crippen LogP) is 1.22. The Morgan fingerprint density at radius 1 is 1.50 bits per heavy atom. The maximum atomic E-state index is 11.8. The maximum Gasteiger partial charge on any atom is 0.214 e. The first-order chi connectivity index (χ1) is 11.3. The van der Waals surface area contributed by atoms with Gasteiger partial charge in [-0.25, -0.2) is 12.7 Å². The zero-order valence-corrected chi connectivity index (χ0v) is 16.9. The van der Waals surface area contributed by atoms with E-state index >= 15 is 0 Å². The highest BCUT2D eigenvalue weighted by Crippen LogP contribution is 2.15. The fourth-order valence-corrected chi connectivity index (χ4v) is 4.81. The molecule has 0 bridgehead atoms. The van der Waals surface area contributed by atoms with Gasteiger partial charge in [-0.2, -0.15) is 0 Å². The van der Waals surface area contributed by atoms with Crippen LogP contribution in [0, 0.1) is 0 Å². The van der Waals surface area contributed by atoms with Gasteiger partial charge in [0.05, 0.1) is 18.8 Å². The molecule has 24 heavy (non-hydrogen) atoms. The molecule has 9 heteroatoms. The zero-order chi connectivity index (χ0) is 17.7. The molecule has 136 valence electrons. The topological polar surface area (TPSA) is 69.9 Å². The lowest BCUT2D eigenvalue weighted by atomic mass is 10.4. The highest BCUT2D eigenvalue weighted by atomic mass is 79.9. The van der Waals surface area contributed by atoms with Crippen molar-refractivity contribution < 1.29 is 8.42 Å². The van der Waals surface area contributed by atoms with E-state index in [0.29, 0.717) is 26.1 Å². The summed E-state index contributed by atoms with van der Waals surface area (Å²) >= 11 is 3.48. The van der Waals surface area contributed by atoms with Gasteiger partial charge in [0.2, 0.25) is 10.0 Å². The van der Waals surface area contributed by atoms with Crippen LogP contribution in [0.3, 0.4) is 0 Å². The summed E-state index contributed by atoms with van der Waals surface area (Å²) in [6.45, 7) is 5.02. The van der Waals surface area contributed by atoms with Crippen LogP contribution in [0.25, 0.3) is 0 Å². The smallest absolute Gasteiger partial charge is 0.214 e. The number of nitrogens with one attached hydrogen (secondary N) is 1. The van der Waals surface area contributed by atoms with Gasteiger partial charge in [-0.1, -0.05) is 0 Å². The highest BCUT2D eigenvalue weighted by Gasteiger charge is 2.27. The minimum absolute atomic E-state index is 0.263. The van der Waals surface area contributed by atoms with Crippen LogP contribution in [0.1, 0.15) is 19.0 Å². The van der Waals surface area contributed by atoms with Crippen molar-refractivity contribution in [3.63, 3.8) is 0 Å². The zero-order valence-electron chi connectivity index (χ0n) is 14.5. The molecule has 0 atom stereocenters. The molecule has 7 nitrogen and oxygen atoms in total. The average molecular weight is 420 g/mol. The van der Waals surface area contributed by atoms with E-state index in [-0.39, 0.29) is 5.75 Å². The molecule has 0 radical (unpaired) electrons. The van der Waals surface area contributed by atoms with Crippen LogP contribution in [0.5, 0.6) is 0 Å². The van der Waals surface area contributed by atoms with E-state index in [2.05, 4.69) is 36.9 Å². The van der Waals surface area contributed by atoms with Crippen molar-refractivity contribution in [1.29, 1.82) is 0 Å². The Hall–Kier alpha value is -1.06. The summed E-state index contributed by atoms with van der Waals surface area (Å²) in [4.78, 5) is 6.62. The molecule has 0 aliphatic carbocycles. The summed E-state index contributed by atoms with van der Waals surface area (Å²) in [6.07, 6.45) is 2.74. The van der Waals surface area contributed by atoms with Gasteiger partial charge in [0.25, 0.3) is 0 Å². The number of aromatic nitrogens is 1. The van der Waals surface area contributed by atoms with E-state index in [1.165, 1.54) is 4.31 Å². The summed E-state index contributed by atoms with van der Waals surface area (Å²) in [5.74, 6) is 1.05. The molecule has 1 aliphatic rings. The van der Waals surface area contributed by atoms with Gasteiger partial charge < -0.3 is 14.8 Å². The molecule has 0 spiro atoms. The van der Waals surface area contributed by atoms with Crippen LogP contribution in [0.15, 0.2) is 21.7 Å². The Labute approximate surface area is 152 Å². The normalized spacial score (nSPS) is 18.1. The number of halogens is 1. The Morgan fingerprint density at radius 3 is 2.79 bits per heavy atom. The molecular formula is C15H26BrN5O2S. The first-order valence-electron chi connectivity index (χ1n) is 8.11. The minimum atomic E-state index is -3.05.